The van der Waals surface area contributed by atoms with E-state index in [4.69, 9.17) is 4.98 Å². The van der Waals surface area contributed by atoms with Crippen LogP contribution in [0.5, 0.6) is 0 Å². The Morgan fingerprint density at radius 3 is 2.35 bits per heavy atom. The number of rotatable bonds is 8. The van der Waals surface area contributed by atoms with Gasteiger partial charge in [-0.25, -0.2) is 4.98 Å². The predicted octanol–water partition coefficient (Wildman–Crippen LogP) is 6.28. The Bertz CT molecular complexity index is 1730. The maximum atomic E-state index is 13.1. The second kappa shape index (κ2) is 12.7. The molecule has 0 saturated carbocycles. The van der Waals surface area contributed by atoms with Crippen molar-refractivity contribution in [2.24, 2.45) is 0 Å². The number of hydrogen-bond acceptors (Lipinski definition) is 6. The van der Waals surface area contributed by atoms with Gasteiger partial charge in [-0.05, 0) is 28.2 Å². The van der Waals surface area contributed by atoms with E-state index in [1.807, 2.05) is 35.2 Å². The average Bonchev–Trinajstić information content (AvgIpc) is 3.33. The zero-order valence-corrected chi connectivity index (χ0v) is 25.9. The molecular weight excluding hydrogens is 552 g/mol. The molecule has 43 heavy (non-hydrogen) atoms. The fourth-order valence-electron chi connectivity index (χ4n) is 5.50. The normalized spacial score (nSPS) is 14.7. The highest BCUT2D eigenvalue weighted by Crippen LogP contribution is 2.29. The van der Waals surface area contributed by atoms with Crippen molar-refractivity contribution in [3.05, 3.63) is 102 Å². The van der Waals surface area contributed by atoms with E-state index in [0.29, 0.717) is 17.5 Å². The van der Waals surface area contributed by atoms with Gasteiger partial charge in [-0.3, -0.25) is 9.69 Å². The van der Waals surface area contributed by atoms with Crippen molar-refractivity contribution in [2.45, 2.75) is 37.9 Å². The first-order valence-corrected chi connectivity index (χ1v) is 15.9. The van der Waals surface area contributed by atoms with Crippen molar-refractivity contribution in [2.75, 3.05) is 38.5 Å². The van der Waals surface area contributed by atoms with Crippen LogP contribution in [-0.2, 0) is 16.8 Å². The maximum Gasteiger partial charge on any atom is 0.233 e. The van der Waals surface area contributed by atoms with Gasteiger partial charge in [0, 0.05) is 44.7 Å². The molecule has 1 aliphatic rings. The number of nitrogens with zero attached hydrogens (tertiary/aromatic N) is 6. The Balaban J connectivity index is 1.10. The van der Waals surface area contributed by atoms with Crippen LogP contribution in [0.3, 0.4) is 0 Å². The minimum atomic E-state index is 0.111. The van der Waals surface area contributed by atoms with Crippen LogP contribution < -0.4 is 0 Å². The number of carbonyl (C=O) groups excluding carboxylic acids is 1. The maximum absolute atomic E-state index is 13.1. The summed E-state index contributed by atoms with van der Waals surface area (Å²) in [5.41, 5.74) is 6.49. The molecule has 1 fully saturated rings. The highest BCUT2D eigenvalue weighted by atomic mass is 32.2. The van der Waals surface area contributed by atoms with Crippen molar-refractivity contribution in [3.8, 4) is 0 Å². The Morgan fingerprint density at radius 2 is 1.60 bits per heavy atom. The van der Waals surface area contributed by atoms with Gasteiger partial charge in [0.2, 0.25) is 11.1 Å². The Hall–Kier alpha value is -4.01. The van der Waals surface area contributed by atoms with Gasteiger partial charge in [-0.1, -0.05) is 117 Å². The van der Waals surface area contributed by atoms with Gasteiger partial charge in [0.1, 0.15) is 5.52 Å². The molecular formula is C35H38N6OS. The van der Waals surface area contributed by atoms with Crippen molar-refractivity contribution in [1.29, 1.82) is 0 Å². The number of benzene rings is 3. The number of piperazine rings is 1. The van der Waals surface area contributed by atoms with Gasteiger partial charge < -0.3 is 9.47 Å². The molecule has 3 aromatic carbocycles. The Labute approximate surface area is 257 Å². The number of amides is 1. The fourth-order valence-corrected chi connectivity index (χ4v) is 6.19. The molecule has 0 spiro atoms. The number of fused-ring (bicyclic) bond motifs is 3. The van der Waals surface area contributed by atoms with Gasteiger partial charge in [0.15, 0.2) is 5.65 Å². The summed E-state index contributed by atoms with van der Waals surface area (Å²) in [4.78, 5) is 22.3. The van der Waals surface area contributed by atoms with E-state index in [2.05, 4.69) is 101 Å². The van der Waals surface area contributed by atoms with Gasteiger partial charge in [0.25, 0.3) is 0 Å². The lowest BCUT2D eigenvalue weighted by molar-refractivity contribution is -0.130. The molecule has 220 valence electrons. The van der Waals surface area contributed by atoms with Crippen LogP contribution in [0.1, 0.15) is 37.5 Å². The van der Waals surface area contributed by atoms with E-state index < -0.39 is 0 Å². The smallest absolute Gasteiger partial charge is 0.233 e. The fraction of sp³-hybridized carbons (Fsp3) is 0.314. The predicted molar refractivity (Wildman–Crippen MR) is 176 cm³/mol. The SMILES string of the molecule is CC(C)(C)c1ccc(Cn2c3ccccc3c3nnc(SCC(=O)N4CCN(C/C=C/c5ccccc5)CC4)nc32)cc1. The first kappa shape index (κ1) is 29.1. The molecule has 1 aliphatic heterocycles. The number of thioether (sulfide) groups is 1. The molecule has 6 rings (SSSR count). The third-order valence-corrected chi connectivity index (χ3v) is 8.86. The summed E-state index contributed by atoms with van der Waals surface area (Å²) in [6.45, 7) is 11.5. The largest absolute Gasteiger partial charge is 0.339 e. The van der Waals surface area contributed by atoms with Crippen LogP contribution in [0, 0.1) is 0 Å². The van der Waals surface area contributed by atoms with Crippen LogP contribution >= 0.6 is 11.8 Å². The zero-order chi connectivity index (χ0) is 29.8. The molecule has 0 unspecified atom stereocenters. The highest BCUT2D eigenvalue weighted by Gasteiger charge is 2.22. The van der Waals surface area contributed by atoms with E-state index in [9.17, 15) is 4.79 Å². The van der Waals surface area contributed by atoms with Gasteiger partial charge in [-0.2, -0.15) is 0 Å². The second-order valence-corrected chi connectivity index (χ2v) is 13.0. The van der Waals surface area contributed by atoms with Crippen molar-refractivity contribution >= 4 is 45.8 Å². The lowest BCUT2D eigenvalue weighted by atomic mass is 9.87. The molecule has 8 heteroatoms. The van der Waals surface area contributed by atoms with Crippen LogP contribution in [0.25, 0.3) is 28.1 Å². The van der Waals surface area contributed by atoms with E-state index in [0.717, 1.165) is 54.8 Å². The van der Waals surface area contributed by atoms with Crippen LogP contribution in [0.2, 0.25) is 0 Å². The van der Waals surface area contributed by atoms with E-state index in [-0.39, 0.29) is 11.3 Å². The lowest BCUT2D eigenvalue weighted by Gasteiger charge is -2.34. The molecule has 5 aromatic rings. The van der Waals surface area contributed by atoms with Crippen LogP contribution in [0.15, 0.2) is 90.1 Å². The van der Waals surface area contributed by atoms with E-state index in [1.54, 1.807) is 0 Å². The van der Waals surface area contributed by atoms with Gasteiger partial charge in [0.05, 0.1) is 11.3 Å². The third-order valence-electron chi connectivity index (χ3n) is 8.04. The first-order valence-electron chi connectivity index (χ1n) is 14.9. The molecule has 0 atom stereocenters. The zero-order valence-electron chi connectivity index (χ0n) is 25.1. The molecule has 0 N–H and O–H groups in total. The molecule has 2 aromatic heterocycles. The van der Waals surface area contributed by atoms with Crippen molar-refractivity contribution in [3.63, 3.8) is 0 Å². The lowest BCUT2D eigenvalue weighted by Crippen LogP contribution is -2.49. The summed E-state index contributed by atoms with van der Waals surface area (Å²) >= 11 is 1.36. The summed E-state index contributed by atoms with van der Waals surface area (Å²) in [7, 11) is 0. The van der Waals surface area contributed by atoms with Gasteiger partial charge in [-0.15, -0.1) is 10.2 Å². The third kappa shape index (κ3) is 6.81. The minimum absolute atomic E-state index is 0.111. The molecule has 0 aliphatic carbocycles. The number of aromatic nitrogens is 4. The Morgan fingerprint density at radius 1 is 0.884 bits per heavy atom. The standard InChI is InChI=1S/C35H38N6OS/c1-35(2,3)28-17-15-27(16-18-28)24-41-30-14-8-7-13-29(30)32-33(41)36-34(38-37-32)43-25-31(42)40-22-20-39(21-23-40)19-9-12-26-10-5-4-6-11-26/h4-18H,19-25H2,1-3H3/b12-9+. The topological polar surface area (TPSA) is 67.2 Å². The molecule has 0 bridgehead atoms. The summed E-state index contributed by atoms with van der Waals surface area (Å²) in [6.07, 6.45) is 4.35. The van der Waals surface area contributed by atoms with Crippen molar-refractivity contribution in [1.82, 2.24) is 29.5 Å². The van der Waals surface area contributed by atoms with E-state index >= 15 is 0 Å². The molecule has 3 heterocycles. The average molecular weight is 591 g/mol. The summed E-state index contributed by atoms with van der Waals surface area (Å²) in [5, 5.41) is 10.5. The number of carbonyl (C=O) groups is 1. The number of para-hydroxylation sites is 1. The van der Waals surface area contributed by atoms with Crippen LogP contribution in [0.4, 0.5) is 0 Å². The first-order chi connectivity index (χ1) is 20.8. The molecule has 1 amide bonds. The summed E-state index contributed by atoms with van der Waals surface area (Å²) < 4.78 is 2.21. The summed E-state index contributed by atoms with van der Waals surface area (Å²) in [6, 6.07) is 27.4. The minimum Gasteiger partial charge on any atom is -0.339 e. The Kier molecular flexibility index (Phi) is 8.58. The molecule has 0 radical (unpaired) electrons. The van der Waals surface area contributed by atoms with Crippen molar-refractivity contribution < 1.29 is 4.79 Å². The summed E-state index contributed by atoms with van der Waals surface area (Å²) in [5.74, 6) is 0.419. The highest BCUT2D eigenvalue weighted by molar-refractivity contribution is 7.99. The van der Waals surface area contributed by atoms with Crippen LogP contribution in [-0.4, -0.2) is 73.9 Å². The molecule has 1 saturated heterocycles. The number of hydrogen-bond donors (Lipinski definition) is 0. The monoisotopic (exact) mass is 590 g/mol. The second-order valence-electron chi connectivity index (χ2n) is 12.1. The van der Waals surface area contributed by atoms with E-state index in [1.165, 1.54) is 28.5 Å². The van der Waals surface area contributed by atoms with Gasteiger partial charge >= 0.3 is 0 Å². The quantitative estimate of drug-likeness (QED) is 0.198. The molecule has 7 nitrogen and oxygen atoms in total.